The maximum Gasteiger partial charge on any atom is 0.407 e. The number of alkyl carbamates (subject to hydrolysis) is 1. The summed E-state index contributed by atoms with van der Waals surface area (Å²) < 4.78 is 6.84. The normalized spacial score (nSPS) is 11.2. The maximum absolute atomic E-state index is 11.3. The van der Waals surface area contributed by atoms with Crippen LogP contribution in [0.4, 0.5) is 10.5 Å². The molecule has 0 saturated carbocycles. The minimum Gasteiger partial charge on any atom is -0.444 e. The first kappa shape index (κ1) is 13.3. The van der Waals surface area contributed by atoms with E-state index in [4.69, 9.17) is 10.5 Å². The summed E-state index contributed by atoms with van der Waals surface area (Å²) in [6, 6.07) is 0. The van der Waals surface area contributed by atoms with Crippen molar-refractivity contribution in [3.63, 3.8) is 0 Å². The number of nitrogens with two attached hydrogens (primary N) is 1. The lowest BCUT2D eigenvalue weighted by atomic mass is 10.2. The van der Waals surface area contributed by atoms with Crippen LogP contribution in [-0.4, -0.2) is 28.0 Å². The molecule has 1 heterocycles. The molecule has 1 aromatic rings. The molecule has 0 fully saturated rings. The van der Waals surface area contributed by atoms with Crippen molar-refractivity contribution < 1.29 is 9.53 Å². The van der Waals surface area contributed by atoms with Gasteiger partial charge >= 0.3 is 6.09 Å². The van der Waals surface area contributed by atoms with Crippen LogP contribution < -0.4 is 11.1 Å². The van der Waals surface area contributed by atoms with Crippen LogP contribution in [0.3, 0.4) is 0 Å². The van der Waals surface area contributed by atoms with Crippen LogP contribution in [-0.2, 0) is 11.3 Å². The lowest BCUT2D eigenvalue weighted by molar-refractivity contribution is 0.0526. The molecule has 0 unspecified atom stereocenters. The van der Waals surface area contributed by atoms with Crippen molar-refractivity contribution in [2.24, 2.45) is 0 Å². The molecule has 0 atom stereocenters. The highest BCUT2D eigenvalue weighted by atomic mass is 16.6. The van der Waals surface area contributed by atoms with E-state index in [1.54, 1.807) is 17.1 Å². The van der Waals surface area contributed by atoms with Crippen molar-refractivity contribution in [2.45, 2.75) is 39.3 Å². The van der Waals surface area contributed by atoms with Gasteiger partial charge in [0, 0.05) is 19.3 Å². The van der Waals surface area contributed by atoms with E-state index in [1.807, 2.05) is 20.8 Å². The van der Waals surface area contributed by atoms with Crippen molar-refractivity contribution in [2.75, 3.05) is 12.3 Å². The second-order valence-electron chi connectivity index (χ2n) is 4.82. The average molecular weight is 240 g/mol. The number of nitrogens with zero attached hydrogens (tertiary/aromatic N) is 2. The quantitative estimate of drug-likeness (QED) is 0.779. The molecule has 0 bridgehead atoms. The van der Waals surface area contributed by atoms with E-state index < -0.39 is 11.7 Å². The Balaban J connectivity index is 2.14. The summed E-state index contributed by atoms with van der Waals surface area (Å²) in [4.78, 5) is 11.3. The van der Waals surface area contributed by atoms with Crippen molar-refractivity contribution in [3.8, 4) is 0 Å². The van der Waals surface area contributed by atoms with E-state index in [-0.39, 0.29) is 0 Å². The van der Waals surface area contributed by atoms with Crippen LogP contribution in [0.5, 0.6) is 0 Å². The predicted molar refractivity (Wildman–Crippen MR) is 65.5 cm³/mol. The van der Waals surface area contributed by atoms with Crippen LogP contribution in [0.15, 0.2) is 12.4 Å². The Morgan fingerprint density at radius 2 is 2.29 bits per heavy atom. The standard InChI is InChI=1S/C11H20N4O2/c1-11(2,3)17-10(16)13-5-4-6-15-8-9(12)7-14-15/h7-8H,4-6,12H2,1-3H3,(H,13,16). The van der Waals surface area contributed by atoms with Gasteiger partial charge < -0.3 is 15.8 Å². The predicted octanol–water partition coefficient (Wildman–Crippen LogP) is 1.38. The molecule has 0 saturated heterocycles. The SMILES string of the molecule is CC(C)(C)OC(=O)NCCCn1cc(N)cn1. The fourth-order valence-electron chi connectivity index (χ4n) is 1.25. The molecule has 0 aliphatic carbocycles. The van der Waals surface area contributed by atoms with E-state index >= 15 is 0 Å². The molecule has 3 N–H and O–H groups in total. The van der Waals surface area contributed by atoms with E-state index in [0.29, 0.717) is 18.8 Å². The molecule has 6 heteroatoms. The largest absolute Gasteiger partial charge is 0.444 e. The smallest absolute Gasteiger partial charge is 0.407 e. The molecule has 1 aromatic heterocycles. The van der Waals surface area contributed by atoms with Gasteiger partial charge in [-0.3, -0.25) is 4.68 Å². The number of amides is 1. The highest BCUT2D eigenvalue weighted by molar-refractivity contribution is 5.67. The molecule has 17 heavy (non-hydrogen) atoms. The Labute approximate surface area is 101 Å². The summed E-state index contributed by atoms with van der Waals surface area (Å²) in [5.41, 5.74) is 5.71. The van der Waals surface area contributed by atoms with Gasteiger partial charge in [0.05, 0.1) is 11.9 Å². The Morgan fingerprint density at radius 3 is 2.82 bits per heavy atom. The van der Waals surface area contributed by atoms with Crippen LogP contribution in [0, 0.1) is 0 Å². The summed E-state index contributed by atoms with van der Waals surface area (Å²) in [6.45, 7) is 6.76. The summed E-state index contributed by atoms with van der Waals surface area (Å²) >= 11 is 0. The fraction of sp³-hybridized carbons (Fsp3) is 0.636. The number of ether oxygens (including phenoxy) is 1. The molecule has 0 spiro atoms. The monoisotopic (exact) mass is 240 g/mol. The zero-order valence-corrected chi connectivity index (χ0v) is 10.6. The first-order chi connectivity index (χ1) is 7.87. The number of hydrogen-bond donors (Lipinski definition) is 2. The number of nitrogen functional groups attached to an aromatic ring is 1. The lowest BCUT2D eigenvalue weighted by Crippen LogP contribution is -2.33. The molecular formula is C11H20N4O2. The second-order valence-corrected chi connectivity index (χ2v) is 4.82. The molecule has 1 rings (SSSR count). The van der Waals surface area contributed by atoms with Crippen LogP contribution in [0.2, 0.25) is 0 Å². The Bertz CT molecular complexity index is 368. The van der Waals surface area contributed by atoms with Gasteiger partial charge in [-0.15, -0.1) is 0 Å². The molecule has 1 amide bonds. The molecule has 0 aromatic carbocycles. The summed E-state index contributed by atoms with van der Waals surface area (Å²) in [5, 5.41) is 6.72. The summed E-state index contributed by atoms with van der Waals surface area (Å²) in [6.07, 6.45) is 3.74. The number of carbonyl (C=O) groups is 1. The zero-order valence-electron chi connectivity index (χ0n) is 10.6. The fourth-order valence-corrected chi connectivity index (χ4v) is 1.25. The number of nitrogens with one attached hydrogen (secondary N) is 1. The Kier molecular flexibility index (Phi) is 4.37. The topological polar surface area (TPSA) is 82.2 Å². The number of rotatable bonds is 4. The van der Waals surface area contributed by atoms with Crippen LogP contribution in [0.1, 0.15) is 27.2 Å². The number of hydrogen-bond acceptors (Lipinski definition) is 4. The first-order valence-corrected chi connectivity index (χ1v) is 5.61. The van der Waals surface area contributed by atoms with Gasteiger partial charge in [0.2, 0.25) is 0 Å². The van der Waals surface area contributed by atoms with E-state index in [1.165, 1.54) is 0 Å². The minimum atomic E-state index is -0.458. The second kappa shape index (κ2) is 5.56. The minimum absolute atomic E-state index is 0.391. The Hall–Kier alpha value is -1.72. The van der Waals surface area contributed by atoms with Gasteiger partial charge in [0.25, 0.3) is 0 Å². The molecule has 0 aliphatic heterocycles. The molecule has 0 aliphatic rings. The zero-order chi connectivity index (χ0) is 12.9. The molecular weight excluding hydrogens is 220 g/mol. The van der Waals surface area contributed by atoms with Gasteiger partial charge in [-0.05, 0) is 27.2 Å². The van der Waals surface area contributed by atoms with Crippen molar-refractivity contribution in [1.29, 1.82) is 0 Å². The number of anilines is 1. The highest BCUT2D eigenvalue weighted by Gasteiger charge is 2.15. The van der Waals surface area contributed by atoms with E-state index in [2.05, 4.69) is 10.4 Å². The number of carbonyl (C=O) groups excluding carboxylic acids is 1. The summed E-state index contributed by atoms with van der Waals surface area (Å²) in [5.74, 6) is 0. The molecule has 6 nitrogen and oxygen atoms in total. The van der Waals surface area contributed by atoms with Gasteiger partial charge in [0.15, 0.2) is 0 Å². The van der Waals surface area contributed by atoms with Gasteiger partial charge in [-0.2, -0.15) is 5.10 Å². The summed E-state index contributed by atoms with van der Waals surface area (Å²) in [7, 11) is 0. The lowest BCUT2D eigenvalue weighted by Gasteiger charge is -2.19. The first-order valence-electron chi connectivity index (χ1n) is 5.61. The number of aromatic nitrogens is 2. The highest BCUT2D eigenvalue weighted by Crippen LogP contribution is 2.06. The Morgan fingerprint density at radius 1 is 1.59 bits per heavy atom. The van der Waals surface area contributed by atoms with Crippen molar-refractivity contribution >= 4 is 11.8 Å². The third kappa shape index (κ3) is 5.79. The van der Waals surface area contributed by atoms with Crippen molar-refractivity contribution in [1.82, 2.24) is 15.1 Å². The molecule has 96 valence electrons. The van der Waals surface area contributed by atoms with Crippen LogP contribution in [0.25, 0.3) is 0 Å². The maximum atomic E-state index is 11.3. The van der Waals surface area contributed by atoms with E-state index in [9.17, 15) is 4.79 Å². The number of aryl methyl sites for hydroxylation is 1. The van der Waals surface area contributed by atoms with Crippen LogP contribution >= 0.6 is 0 Å². The van der Waals surface area contributed by atoms with E-state index in [0.717, 1.165) is 6.42 Å². The molecule has 0 radical (unpaired) electrons. The van der Waals surface area contributed by atoms with Gasteiger partial charge in [0.1, 0.15) is 5.60 Å². The third-order valence-corrected chi connectivity index (χ3v) is 1.89. The average Bonchev–Trinajstić information content (AvgIpc) is 2.56. The van der Waals surface area contributed by atoms with Crippen molar-refractivity contribution in [3.05, 3.63) is 12.4 Å². The van der Waals surface area contributed by atoms with Gasteiger partial charge in [-0.1, -0.05) is 0 Å². The van der Waals surface area contributed by atoms with Gasteiger partial charge in [-0.25, -0.2) is 4.79 Å². The third-order valence-electron chi connectivity index (χ3n) is 1.89.